The van der Waals surface area contributed by atoms with Crippen LogP contribution in [-0.2, 0) is 0 Å². The monoisotopic (exact) mass is 241 g/mol. The van der Waals surface area contributed by atoms with E-state index < -0.39 is 0 Å². The van der Waals surface area contributed by atoms with Crippen LogP contribution < -0.4 is 5.32 Å². The maximum absolute atomic E-state index is 8.73. The van der Waals surface area contributed by atoms with Crippen LogP contribution in [-0.4, -0.2) is 24.3 Å². The zero-order valence-electron chi connectivity index (χ0n) is 12.0. The third-order valence-electron chi connectivity index (χ3n) is 4.76. The Labute approximate surface area is 107 Å². The van der Waals surface area contributed by atoms with Gasteiger partial charge in [0.1, 0.15) is 0 Å². The van der Waals surface area contributed by atoms with Gasteiger partial charge in [0.05, 0.1) is 0 Å². The lowest BCUT2D eigenvalue weighted by molar-refractivity contribution is 0.137. The van der Waals surface area contributed by atoms with Crippen molar-refractivity contribution in [3.05, 3.63) is 0 Å². The molecule has 2 nitrogen and oxygen atoms in total. The highest BCUT2D eigenvalue weighted by Gasteiger charge is 2.31. The van der Waals surface area contributed by atoms with E-state index in [4.69, 9.17) is 5.11 Å². The van der Waals surface area contributed by atoms with E-state index in [0.29, 0.717) is 12.0 Å². The highest BCUT2D eigenvalue weighted by Crippen LogP contribution is 2.40. The van der Waals surface area contributed by atoms with E-state index in [-0.39, 0.29) is 0 Å². The molecular formula is C15H31NO. The zero-order valence-corrected chi connectivity index (χ0v) is 12.0. The second-order valence-corrected chi connectivity index (χ2v) is 6.28. The molecule has 0 saturated heterocycles. The number of hydrogen-bond acceptors (Lipinski definition) is 2. The SMILES string of the molecule is CCC(C)(C)C1CCC(NCCCCO)CC1. The minimum Gasteiger partial charge on any atom is -0.396 e. The van der Waals surface area contributed by atoms with Gasteiger partial charge in [-0.3, -0.25) is 0 Å². The van der Waals surface area contributed by atoms with Crippen molar-refractivity contribution in [3.63, 3.8) is 0 Å². The van der Waals surface area contributed by atoms with Gasteiger partial charge in [-0.2, -0.15) is 0 Å². The molecule has 0 atom stereocenters. The molecule has 0 aromatic carbocycles. The van der Waals surface area contributed by atoms with Crippen molar-refractivity contribution in [1.82, 2.24) is 5.32 Å². The molecule has 1 rings (SSSR count). The average molecular weight is 241 g/mol. The number of rotatable bonds is 7. The van der Waals surface area contributed by atoms with E-state index in [9.17, 15) is 0 Å². The first-order chi connectivity index (χ1) is 8.10. The minimum absolute atomic E-state index is 0.332. The molecule has 1 aliphatic carbocycles. The number of nitrogens with one attached hydrogen (secondary N) is 1. The summed E-state index contributed by atoms with van der Waals surface area (Å²) in [6.07, 6.45) is 8.80. The van der Waals surface area contributed by atoms with Crippen molar-refractivity contribution < 1.29 is 5.11 Å². The maximum Gasteiger partial charge on any atom is 0.0431 e. The summed E-state index contributed by atoms with van der Waals surface area (Å²) >= 11 is 0. The van der Waals surface area contributed by atoms with Gasteiger partial charge in [0, 0.05) is 12.6 Å². The highest BCUT2D eigenvalue weighted by molar-refractivity contribution is 4.84. The van der Waals surface area contributed by atoms with Crippen molar-refractivity contribution in [2.75, 3.05) is 13.2 Å². The molecule has 0 aromatic rings. The molecule has 0 bridgehead atoms. The number of unbranched alkanes of at least 4 members (excludes halogenated alkanes) is 1. The van der Waals surface area contributed by atoms with E-state index >= 15 is 0 Å². The Morgan fingerprint density at radius 2 is 1.76 bits per heavy atom. The van der Waals surface area contributed by atoms with Crippen LogP contribution >= 0.6 is 0 Å². The predicted octanol–water partition coefficient (Wildman–Crippen LogP) is 3.34. The molecule has 0 radical (unpaired) electrons. The van der Waals surface area contributed by atoms with Crippen molar-refractivity contribution in [1.29, 1.82) is 0 Å². The lowest BCUT2D eigenvalue weighted by Gasteiger charge is -2.39. The van der Waals surface area contributed by atoms with Crippen LogP contribution in [0.15, 0.2) is 0 Å². The van der Waals surface area contributed by atoms with Gasteiger partial charge in [0.15, 0.2) is 0 Å². The summed E-state index contributed by atoms with van der Waals surface area (Å²) in [7, 11) is 0. The van der Waals surface area contributed by atoms with E-state index in [1.165, 1.54) is 32.1 Å². The molecule has 0 spiro atoms. The fraction of sp³-hybridized carbons (Fsp3) is 1.00. The van der Waals surface area contributed by atoms with Crippen LogP contribution in [0.25, 0.3) is 0 Å². The average Bonchev–Trinajstić information content (AvgIpc) is 2.35. The summed E-state index contributed by atoms with van der Waals surface area (Å²) in [4.78, 5) is 0. The van der Waals surface area contributed by atoms with Gasteiger partial charge >= 0.3 is 0 Å². The zero-order chi connectivity index (χ0) is 12.7. The van der Waals surface area contributed by atoms with Gasteiger partial charge in [-0.05, 0) is 56.4 Å². The summed E-state index contributed by atoms with van der Waals surface area (Å²) in [5, 5.41) is 12.4. The third-order valence-corrected chi connectivity index (χ3v) is 4.76. The molecule has 1 fully saturated rings. The fourth-order valence-corrected chi connectivity index (χ4v) is 2.91. The van der Waals surface area contributed by atoms with E-state index in [1.54, 1.807) is 0 Å². The largest absolute Gasteiger partial charge is 0.396 e. The molecule has 17 heavy (non-hydrogen) atoms. The Bertz CT molecular complexity index is 195. The van der Waals surface area contributed by atoms with Gasteiger partial charge in [0.2, 0.25) is 0 Å². The molecule has 2 heteroatoms. The number of hydrogen-bond donors (Lipinski definition) is 2. The fourth-order valence-electron chi connectivity index (χ4n) is 2.91. The van der Waals surface area contributed by atoms with E-state index in [0.717, 1.165) is 31.3 Å². The summed E-state index contributed by atoms with van der Waals surface area (Å²) in [5.41, 5.74) is 0.530. The van der Waals surface area contributed by atoms with Crippen LogP contribution in [0.3, 0.4) is 0 Å². The molecule has 1 saturated carbocycles. The molecule has 0 unspecified atom stereocenters. The van der Waals surface area contributed by atoms with Gasteiger partial charge in [-0.1, -0.05) is 27.2 Å². The highest BCUT2D eigenvalue weighted by atomic mass is 16.2. The summed E-state index contributed by atoms with van der Waals surface area (Å²) < 4.78 is 0. The van der Waals surface area contributed by atoms with Gasteiger partial charge in [-0.15, -0.1) is 0 Å². The first kappa shape index (κ1) is 15.0. The summed E-state index contributed by atoms with van der Waals surface area (Å²) in [6.45, 7) is 8.57. The summed E-state index contributed by atoms with van der Waals surface area (Å²) in [5.74, 6) is 0.919. The molecule has 1 aliphatic rings. The Balaban J connectivity index is 2.17. The predicted molar refractivity (Wildman–Crippen MR) is 74.1 cm³/mol. The molecule has 102 valence electrons. The van der Waals surface area contributed by atoms with Crippen LogP contribution in [0.4, 0.5) is 0 Å². The molecule has 0 heterocycles. The Morgan fingerprint density at radius 3 is 2.29 bits per heavy atom. The van der Waals surface area contributed by atoms with Gasteiger partial charge in [-0.25, -0.2) is 0 Å². The van der Waals surface area contributed by atoms with E-state index in [2.05, 4.69) is 26.1 Å². The summed E-state index contributed by atoms with van der Waals surface area (Å²) in [6, 6.07) is 0.734. The lowest BCUT2D eigenvalue weighted by Crippen LogP contribution is -2.37. The molecular weight excluding hydrogens is 210 g/mol. The molecule has 0 aliphatic heterocycles. The molecule has 0 amide bonds. The number of aliphatic hydroxyl groups excluding tert-OH is 1. The number of aliphatic hydroxyl groups is 1. The van der Waals surface area contributed by atoms with Gasteiger partial charge in [0.25, 0.3) is 0 Å². The van der Waals surface area contributed by atoms with Crippen LogP contribution in [0, 0.1) is 11.3 Å². The molecule has 0 aromatic heterocycles. The maximum atomic E-state index is 8.73. The minimum atomic E-state index is 0.332. The Hall–Kier alpha value is -0.0800. The topological polar surface area (TPSA) is 32.3 Å². The lowest BCUT2D eigenvalue weighted by atomic mass is 9.69. The van der Waals surface area contributed by atoms with Crippen molar-refractivity contribution in [3.8, 4) is 0 Å². The second-order valence-electron chi connectivity index (χ2n) is 6.28. The smallest absolute Gasteiger partial charge is 0.0431 e. The Morgan fingerprint density at radius 1 is 1.12 bits per heavy atom. The van der Waals surface area contributed by atoms with Crippen LogP contribution in [0.1, 0.15) is 65.7 Å². The first-order valence-corrected chi connectivity index (χ1v) is 7.44. The quantitative estimate of drug-likeness (QED) is 0.670. The Kier molecular flexibility index (Phi) is 6.50. The van der Waals surface area contributed by atoms with Crippen molar-refractivity contribution >= 4 is 0 Å². The third kappa shape index (κ3) is 4.97. The first-order valence-electron chi connectivity index (χ1n) is 7.44. The van der Waals surface area contributed by atoms with Crippen LogP contribution in [0.5, 0.6) is 0 Å². The van der Waals surface area contributed by atoms with Crippen LogP contribution in [0.2, 0.25) is 0 Å². The molecule has 2 N–H and O–H groups in total. The van der Waals surface area contributed by atoms with Crippen molar-refractivity contribution in [2.45, 2.75) is 71.8 Å². The van der Waals surface area contributed by atoms with Gasteiger partial charge < -0.3 is 10.4 Å². The second kappa shape index (κ2) is 7.38. The van der Waals surface area contributed by atoms with E-state index in [1.807, 2.05) is 0 Å². The standard InChI is InChI=1S/C15H31NO/c1-4-15(2,3)13-7-9-14(10-8-13)16-11-5-6-12-17/h13-14,16-17H,4-12H2,1-3H3. The normalized spacial score (nSPS) is 26.1. The van der Waals surface area contributed by atoms with Crippen molar-refractivity contribution in [2.24, 2.45) is 11.3 Å².